The lowest BCUT2D eigenvalue weighted by molar-refractivity contribution is 0.414. The number of hydrogen-bond acceptors (Lipinski definition) is 3. The number of aryl methyl sites for hydroxylation is 1. The van der Waals surface area contributed by atoms with Gasteiger partial charge < -0.3 is 10.5 Å². The molecule has 0 aliphatic carbocycles. The topological polar surface area (TPSA) is 52.3 Å². The molecule has 0 amide bonds. The van der Waals surface area contributed by atoms with Crippen molar-refractivity contribution < 1.29 is 8.95 Å². The SMILES string of the molecule is COc1ccc(CCS(=O)CC(C)N)cc1. The van der Waals surface area contributed by atoms with Gasteiger partial charge in [0, 0.05) is 28.3 Å². The standard InChI is InChI=1S/C12H19NO2S/c1-10(13)9-16(14)8-7-11-3-5-12(15-2)6-4-11/h3-6,10H,7-9,13H2,1-2H3. The fourth-order valence-electron chi connectivity index (χ4n) is 1.40. The van der Waals surface area contributed by atoms with Crippen molar-refractivity contribution in [3.05, 3.63) is 29.8 Å². The van der Waals surface area contributed by atoms with Crippen LogP contribution in [0.15, 0.2) is 24.3 Å². The molecule has 0 fully saturated rings. The van der Waals surface area contributed by atoms with E-state index in [2.05, 4.69) is 0 Å². The van der Waals surface area contributed by atoms with E-state index in [0.717, 1.165) is 12.2 Å². The van der Waals surface area contributed by atoms with Crippen LogP contribution in [-0.2, 0) is 17.2 Å². The third-order valence-electron chi connectivity index (χ3n) is 2.23. The van der Waals surface area contributed by atoms with E-state index in [9.17, 15) is 4.21 Å². The molecule has 0 bridgehead atoms. The van der Waals surface area contributed by atoms with E-state index in [1.54, 1.807) is 7.11 Å². The molecule has 0 heterocycles. The van der Waals surface area contributed by atoms with Crippen molar-refractivity contribution in [2.45, 2.75) is 19.4 Å². The maximum absolute atomic E-state index is 11.6. The summed E-state index contributed by atoms with van der Waals surface area (Å²) in [5.41, 5.74) is 6.77. The molecule has 0 aliphatic rings. The van der Waals surface area contributed by atoms with E-state index < -0.39 is 10.8 Å². The van der Waals surface area contributed by atoms with Gasteiger partial charge in [0.2, 0.25) is 0 Å². The van der Waals surface area contributed by atoms with Crippen LogP contribution in [0.25, 0.3) is 0 Å². The molecule has 2 N–H and O–H groups in total. The maximum atomic E-state index is 11.6. The van der Waals surface area contributed by atoms with E-state index in [-0.39, 0.29) is 6.04 Å². The van der Waals surface area contributed by atoms with Gasteiger partial charge in [-0.2, -0.15) is 0 Å². The highest BCUT2D eigenvalue weighted by Gasteiger charge is 2.04. The first-order valence-corrected chi connectivity index (χ1v) is 6.84. The highest BCUT2D eigenvalue weighted by atomic mass is 32.2. The van der Waals surface area contributed by atoms with E-state index in [0.29, 0.717) is 11.5 Å². The Hall–Kier alpha value is -0.870. The van der Waals surface area contributed by atoms with Crippen LogP contribution < -0.4 is 10.5 Å². The number of benzene rings is 1. The van der Waals surface area contributed by atoms with Crippen molar-refractivity contribution in [3.63, 3.8) is 0 Å². The van der Waals surface area contributed by atoms with E-state index >= 15 is 0 Å². The van der Waals surface area contributed by atoms with Crippen LogP contribution in [-0.4, -0.2) is 28.9 Å². The Kier molecular flexibility index (Phi) is 5.49. The van der Waals surface area contributed by atoms with Crippen molar-refractivity contribution in [1.29, 1.82) is 0 Å². The van der Waals surface area contributed by atoms with Gasteiger partial charge in [-0.25, -0.2) is 0 Å². The van der Waals surface area contributed by atoms with Gasteiger partial charge in [-0.15, -0.1) is 0 Å². The predicted octanol–water partition coefficient (Wildman–Crippen LogP) is 1.33. The monoisotopic (exact) mass is 241 g/mol. The zero-order chi connectivity index (χ0) is 12.0. The van der Waals surface area contributed by atoms with Crippen molar-refractivity contribution in [2.24, 2.45) is 5.73 Å². The lowest BCUT2D eigenvalue weighted by Gasteiger charge is -2.06. The molecule has 90 valence electrons. The Morgan fingerprint density at radius 3 is 2.50 bits per heavy atom. The van der Waals surface area contributed by atoms with Crippen LogP contribution in [0.2, 0.25) is 0 Å². The average molecular weight is 241 g/mol. The minimum atomic E-state index is -0.814. The van der Waals surface area contributed by atoms with Gasteiger partial charge in [0.25, 0.3) is 0 Å². The van der Waals surface area contributed by atoms with Gasteiger partial charge in [-0.1, -0.05) is 12.1 Å². The molecule has 1 rings (SSSR count). The summed E-state index contributed by atoms with van der Waals surface area (Å²) in [5.74, 6) is 2.10. The molecule has 1 aromatic carbocycles. The Labute approximate surface area is 99.4 Å². The Morgan fingerprint density at radius 1 is 1.38 bits per heavy atom. The zero-order valence-corrected chi connectivity index (χ0v) is 10.6. The normalized spacial score (nSPS) is 14.4. The summed E-state index contributed by atoms with van der Waals surface area (Å²) in [6.07, 6.45) is 0.823. The summed E-state index contributed by atoms with van der Waals surface area (Å²) >= 11 is 0. The Balaban J connectivity index is 2.39. The molecule has 3 nitrogen and oxygen atoms in total. The first-order valence-electron chi connectivity index (χ1n) is 5.35. The lowest BCUT2D eigenvalue weighted by atomic mass is 10.2. The molecule has 1 aromatic rings. The van der Waals surface area contributed by atoms with Gasteiger partial charge >= 0.3 is 0 Å². The molecule has 0 saturated heterocycles. The molecule has 2 atom stereocenters. The molecule has 0 radical (unpaired) electrons. The first-order chi connectivity index (χ1) is 7.61. The van der Waals surface area contributed by atoms with Crippen LogP contribution in [0.4, 0.5) is 0 Å². The summed E-state index contributed by atoms with van der Waals surface area (Å²) in [6, 6.07) is 7.86. The van der Waals surface area contributed by atoms with Crippen molar-refractivity contribution in [2.75, 3.05) is 18.6 Å². The fourth-order valence-corrected chi connectivity index (χ4v) is 2.62. The molecule has 0 spiro atoms. The number of hydrogen-bond donors (Lipinski definition) is 1. The van der Waals surface area contributed by atoms with Gasteiger partial charge in [0.15, 0.2) is 0 Å². The van der Waals surface area contributed by atoms with Crippen LogP contribution in [0.3, 0.4) is 0 Å². The van der Waals surface area contributed by atoms with Crippen LogP contribution in [0, 0.1) is 0 Å². The largest absolute Gasteiger partial charge is 0.497 e. The van der Waals surface area contributed by atoms with E-state index in [4.69, 9.17) is 10.5 Å². The van der Waals surface area contributed by atoms with Gasteiger partial charge in [0.05, 0.1) is 7.11 Å². The van der Waals surface area contributed by atoms with Gasteiger partial charge in [-0.3, -0.25) is 4.21 Å². The highest BCUT2D eigenvalue weighted by Crippen LogP contribution is 2.11. The first kappa shape index (κ1) is 13.2. The molecule has 4 heteroatoms. The predicted molar refractivity (Wildman–Crippen MR) is 68.2 cm³/mol. The zero-order valence-electron chi connectivity index (χ0n) is 9.81. The third-order valence-corrected chi connectivity index (χ3v) is 3.78. The molecular weight excluding hydrogens is 222 g/mol. The van der Waals surface area contributed by atoms with Gasteiger partial charge in [0.1, 0.15) is 5.75 Å². The van der Waals surface area contributed by atoms with Crippen molar-refractivity contribution >= 4 is 10.8 Å². The Morgan fingerprint density at radius 2 is 2.00 bits per heavy atom. The molecule has 0 saturated carbocycles. The quantitative estimate of drug-likeness (QED) is 0.817. The maximum Gasteiger partial charge on any atom is 0.118 e. The van der Waals surface area contributed by atoms with E-state index in [1.165, 1.54) is 5.56 Å². The molecule has 0 aromatic heterocycles. The van der Waals surface area contributed by atoms with Crippen molar-refractivity contribution in [1.82, 2.24) is 0 Å². The van der Waals surface area contributed by atoms with Crippen LogP contribution in [0.1, 0.15) is 12.5 Å². The fraction of sp³-hybridized carbons (Fsp3) is 0.500. The molecular formula is C12H19NO2S. The van der Waals surface area contributed by atoms with Crippen LogP contribution >= 0.6 is 0 Å². The summed E-state index contributed by atoms with van der Waals surface area (Å²) < 4.78 is 16.6. The minimum Gasteiger partial charge on any atom is -0.497 e. The summed E-state index contributed by atoms with van der Waals surface area (Å²) in [5, 5.41) is 0. The smallest absolute Gasteiger partial charge is 0.118 e. The Bertz CT molecular complexity index is 335. The summed E-state index contributed by atoms with van der Waals surface area (Å²) in [6.45, 7) is 1.88. The van der Waals surface area contributed by atoms with Gasteiger partial charge in [-0.05, 0) is 31.0 Å². The van der Waals surface area contributed by atoms with E-state index in [1.807, 2.05) is 31.2 Å². The second kappa shape index (κ2) is 6.66. The highest BCUT2D eigenvalue weighted by molar-refractivity contribution is 7.85. The number of ether oxygens (including phenoxy) is 1. The van der Waals surface area contributed by atoms with Crippen LogP contribution in [0.5, 0.6) is 5.75 Å². The number of nitrogens with two attached hydrogens (primary N) is 1. The summed E-state index contributed by atoms with van der Waals surface area (Å²) in [4.78, 5) is 0. The number of methoxy groups -OCH3 is 1. The second-order valence-electron chi connectivity index (χ2n) is 3.89. The lowest BCUT2D eigenvalue weighted by Crippen LogP contribution is -2.24. The minimum absolute atomic E-state index is 0.0108. The molecule has 16 heavy (non-hydrogen) atoms. The second-order valence-corrected chi connectivity index (χ2v) is 5.51. The van der Waals surface area contributed by atoms with Crippen molar-refractivity contribution in [3.8, 4) is 5.75 Å². The molecule has 0 aliphatic heterocycles. The third kappa shape index (κ3) is 4.77. The average Bonchev–Trinajstić information content (AvgIpc) is 2.26. The molecule has 2 unspecified atom stereocenters. The summed E-state index contributed by atoms with van der Waals surface area (Å²) in [7, 11) is 0.832. The number of rotatable bonds is 6.